The van der Waals surface area contributed by atoms with Crippen LogP contribution in [0.3, 0.4) is 0 Å². The average molecular weight is 284 g/mol. The largest absolute Gasteiger partial charge is 0.396 e. The van der Waals surface area contributed by atoms with E-state index in [4.69, 9.17) is 12.2 Å². The third-order valence-electron chi connectivity index (χ3n) is 2.66. The summed E-state index contributed by atoms with van der Waals surface area (Å²) in [7, 11) is -3.80. The monoisotopic (exact) mass is 284 g/mol. The molecular formula is C13H17FN2O2S. The molecule has 0 aromatic heterocycles. The number of nitrogens with one attached hydrogen (secondary N) is 1. The van der Waals surface area contributed by atoms with E-state index in [-0.39, 0.29) is 16.1 Å². The molecule has 0 aliphatic rings. The fraction of sp³-hybridized carbons (Fsp3) is 0.385. The van der Waals surface area contributed by atoms with Gasteiger partial charge in [0.05, 0.1) is 16.6 Å². The van der Waals surface area contributed by atoms with Crippen LogP contribution in [0.2, 0.25) is 0 Å². The molecule has 4 nitrogen and oxygen atoms in total. The maximum atomic E-state index is 13.2. The quantitative estimate of drug-likeness (QED) is 0.639. The van der Waals surface area contributed by atoms with Gasteiger partial charge in [-0.15, -0.1) is 6.42 Å². The first-order chi connectivity index (χ1) is 8.81. The molecule has 1 aromatic rings. The van der Waals surface area contributed by atoms with E-state index in [0.29, 0.717) is 6.42 Å². The van der Waals surface area contributed by atoms with E-state index >= 15 is 0 Å². The van der Waals surface area contributed by atoms with Crippen LogP contribution < -0.4 is 10.5 Å². The minimum atomic E-state index is -3.80. The molecular weight excluding hydrogens is 267 g/mol. The topological polar surface area (TPSA) is 72.2 Å². The van der Waals surface area contributed by atoms with Gasteiger partial charge in [-0.2, -0.15) is 4.72 Å². The van der Waals surface area contributed by atoms with Gasteiger partial charge in [0.1, 0.15) is 5.82 Å². The number of benzene rings is 1. The van der Waals surface area contributed by atoms with Crippen molar-refractivity contribution in [1.82, 2.24) is 4.72 Å². The predicted molar refractivity (Wildman–Crippen MR) is 73.4 cm³/mol. The lowest BCUT2D eigenvalue weighted by atomic mass is 10.2. The van der Waals surface area contributed by atoms with E-state index in [1.54, 1.807) is 0 Å². The van der Waals surface area contributed by atoms with Crippen molar-refractivity contribution in [3.05, 3.63) is 23.5 Å². The Kier molecular flexibility index (Phi) is 4.92. The van der Waals surface area contributed by atoms with E-state index in [1.165, 1.54) is 6.92 Å². The Morgan fingerprint density at radius 3 is 2.68 bits per heavy atom. The maximum Gasteiger partial charge on any atom is 0.241 e. The molecule has 0 fully saturated rings. The van der Waals surface area contributed by atoms with Crippen molar-refractivity contribution in [1.29, 1.82) is 0 Å². The Bertz CT molecular complexity index is 606. The smallest absolute Gasteiger partial charge is 0.241 e. The van der Waals surface area contributed by atoms with Crippen molar-refractivity contribution in [2.45, 2.75) is 37.6 Å². The Balaban J connectivity index is 3.14. The highest BCUT2D eigenvalue weighted by Crippen LogP contribution is 2.21. The van der Waals surface area contributed by atoms with Crippen LogP contribution in [0.1, 0.15) is 25.3 Å². The number of aryl methyl sites for hydroxylation is 1. The zero-order chi connectivity index (χ0) is 14.6. The number of rotatable bonds is 5. The standard InChI is InChI=1S/C13H17FN2O2S/c1-4-6-10(5-2)16-19(17,18)13-8-12(15)11(14)7-9(13)3/h2,7-8,10,16H,4,6,15H2,1,3H3. The third-order valence-corrected chi connectivity index (χ3v) is 4.27. The molecule has 0 aliphatic carbocycles. The number of hydrogen-bond donors (Lipinski definition) is 2. The van der Waals surface area contributed by atoms with E-state index < -0.39 is 21.9 Å². The lowest BCUT2D eigenvalue weighted by Gasteiger charge is -2.14. The lowest BCUT2D eigenvalue weighted by Crippen LogP contribution is -2.34. The van der Waals surface area contributed by atoms with Gasteiger partial charge in [-0.1, -0.05) is 19.3 Å². The van der Waals surface area contributed by atoms with Crippen LogP contribution in [0.25, 0.3) is 0 Å². The molecule has 0 heterocycles. The van der Waals surface area contributed by atoms with Gasteiger partial charge in [-0.3, -0.25) is 0 Å². The highest BCUT2D eigenvalue weighted by Gasteiger charge is 2.21. The molecule has 1 unspecified atom stereocenters. The molecule has 0 spiro atoms. The number of nitrogens with two attached hydrogens (primary N) is 1. The normalized spacial score (nSPS) is 12.9. The molecule has 0 bridgehead atoms. The van der Waals surface area contributed by atoms with Crippen molar-refractivity contribution < 1.29 is 12.8 Å². The van der Waals surface area contributed by atoms with Crippen LogP contribution >= 0.6 is 0 Å². The Morgan fingerprint density at radius 1 is 1.53 bits per heavy atom. The van der Waals surface area contributed by atoms with Gasteiger partial charge < -0.3 is 5.73 Å². The number of terminal acetylenes is 1. The number of hydrogen-bond acceptors (Lipinski definition) is 3. The summed E-state index contributed by atoms with van der Waals surface area (Å²) in [5.41, 5.74) is 5.47. The summed E-state index contributed by atoms with van der Waals surface area (Å²) in [6.45, 7) is 3.40. The summed E-state index contributed by atoms with van der Waals surface area (Å²) < 4.78 is 40.0. The third kappa shape index (κ3) is 3.69. The van der Waals surface area contributed by atoms with E-state index in [0.717, 1.165) is 18.6 Å². The molecule has 0 saturated carbocycles. The van der Waals surface area contributed by atoms with Crippen molar-refractivity contribution in [2.24, 2.45) is 0 Å². The second kappa shape index (κ2) is 6.04. The number of nitrogen functional groups attached to an aromatic ring is 1. The summed E-state index contributed by atoms with van der Waals surface area (Å²) in [6.07, 6.45) is 6.56. The Hall–Kier alpha value is -1.58. The molecule has 104 valence electrons. The molecule has 19 heavy (non-hydrogen) atoms. The van der Waals surface area contributed by atoms with Crippen molar-refractivity contribution in [2.75, 3.05) is 5.73 Å². The first-order valence-corrected chi connectivity index (χ1v) is 7.34. The molecule has 6 heteroatoms. The molecule has 1 rings (SSSR count). The highest BCUT2D eigenvalue weighted by atomic mass is 32.2. The van der Waals surface area contributed by atoms with E-state index in [1.807, 2.05) is 6.92 Å². The second-order valence-electron chi connectivity index (χ2n) is 4.27. The maximum absolute atomic E-state index is 13.2. The van der Waals surface area contributed by atoms with E-state index in [2.05, 4.69) is 10.6 Å². The predicted octanol–water partition coefficient (Wildman–Crippen LogP) is 1.80. The molecule has 0 amide bonds. The fourth-order valence-corrected chi connectivity index (χ4v) is 3.13. The summed E-state index contributed by atoms with van der Waals surface area (Å²) >= 11 is 0. The van der Waals surface area contributed by atoms with E-state index in [9.17, 15) is 12.8 Å². The zero-order valence-electron chi connectivity index (χ0n) is 10.9. The number of sulfonamides is 1. The van der Waals surface area contributed by atoms with Crippen LogP contribution in [0.15, 0.2) is 17.0 Å². The minimum Gasteiger partial charge on any atom is -0.396 e. The van der Waals surface area contributed by atoms with Crippen LogP contribution in [0.5, 0.6) is 0 Å². The molecule has 3 N–H and O–H groups in total. The van der Waals surface area contributed by atoms with Crippen molar-refractivity contribution in [3.63, 3.8) is 0 Å². The van der Waals surface area contributed by atoms with Gasteiger partial charge in [0.15, 0.2) is 0 Å². The Labute approximate surface area is 113 Å². The van der Waals surface area contributed by atoms with Crippen LogP contribution in [-0.2, 0) is 10.0 Å². The number of anilines is 1. The highest BCUT2D eigenvalue weighted by molar-refractivity contribution is 7.89. The van der Waals surface area contributed by atoms with Gasteiger partial charge >= 0.3 is 0 Å². The molecule has 0 radical (unpaired) electrons. The SMILES string of the molecule is C#CC(CCC)NS(=O)(=O)c1cc(N)c(F)cc1C. The first-order valence-electron chi connectivity index (χ1n) is 5.86. The fourth-order valence-electron chi connectivity index (χ4n) is 1.67. The molecule has 1 atom stereocenters. The van der Waals surface area contributed by atoms with Crippen LogP contribution in [0, 0.1) is 25.1 Å². The van der Waals surface area contributed by atoms with Crippen molar-refractivity contribution >= 4 is 15.7 Å². The van der Waals surface area contributed by atoms with Gasteiger partial charge in [-0.05, 0) is 31.0 Å². The summed E-state index contributed by atoms with van der Waals surface area (Å²) in [5, 5.41) is 0. The summed E-state index contributed by atoms with van der Waals surface area (Å²) in [6, 6.07) is 1.61. The van der Waals surface area contributed by atoms with Crippen LogP contribution in [-0.4, -0.2) is 14.5 Å². The number of halogens is 1. The van der Waals surface area contributed by atoms with Crippen molar-refractivity contribution in [3.8, 4) is 12.3 Å². The molecule has 0 saturated heterocycles. The summed E-state index contributed by atoms with van der Waals surface area (Å²) in [5.74, 6) is 1.74. The van der Waals surface area contributed by atoms with Gasteiger partial charge in [0.2, 0.25) is 10.0 Å². The minimum absolute atomic E-state index is 0.0530. The Morgan fingerprint density at radius 2 is 2.16 bits per heavy atom. The lowest BCUT2D eigenvalue weighted by molar-refractivity contribution is 0.563. The second-order valence-corrected chi connectivity index (χ2v) is 5.95. The van der Waals surface area contributed by atoms with Gasteiger partial charge in [0.25, 0.3) is 0 Å². The van der Waals surface area contributed by atoms with Gasteiger partial charge in [0, 0.05) is 0 Å². The van der Waals surface area contributed by atoms with Crippen LogP contribution in [0.4, 0.5) is 10.1 Å². The molecule has 0 aliphatic heterocycles. The average Bonchev–Trinajstić information content (AvgIpc) is 2.32. The zero-order valence-corrected chi connectivity index (χ0v) is 11.7. The molecule has 1 aromatic carbocycles. The first kappa shape index (κ1) is 15.5. The van der Waals surface area contributed by atoms with Gasteiger partial charge in [-0.25, -0.2) is 12.8 Å². The summed E-state index contributed by atoms with van der Waals surface area (Å²) in [4.78, 5) is -0.0530.